The van der Waals surface area contributed by atoms with E-state index in [1.807, 2.05) is 37.8 Å². The van der Waals surface area contributed by atoms with E-state index in [1.54, 1.807) is 13.3 Å². The van der Waals surface area contributed by atoms with E-state index in [0.29, 0.717) is 5.88 Å². The summed E-state index contributed by atoms with van der Waals surface area (Å²) in [6, 6.07) is 4.05. The molecular formula is C17H27N3O3. The van der Waals surface area contributed by atoms with Gasteiger partial charge < -0.3 is 19.7 Å². The first-order chi connectivity index (χ1) is 10.9. The van der Waals surface area contributed by atoms with Crippen LogP contribution in [0.25, 0.3) is 0 Å². The number of carbonyl (C=O) groups is 1. The number of methoxy groups -OCH3 is 1. The van der Waals surface area contributed by atoms with Gasteiger partial charge in [0.1, 0.15) is 5.60 Å². The minimum absolute atomic E-state index is 0.189. The second kappa shape index (κ2) is 7.64. The Labute approximate surface area is 138 Å². The summed E-state index contributed by atoms with van der Waals surface area (Å²) in [4.78, 5) is 18.2. The number of carbonyl (C=O) groups excluding carboxylic acids is 1. The molecule has 0 spiro atoms. The van der Waals surface area contributed by atoms with Crippen LogP contribution in [-0.2, 0) is 11.3 Å². The summed E-state index contributed by atoms with van der Waals surface area (Å²) >= 11 is 0. The number of nitrogens with zero attached hydrogens (tertiary/aromatic N) is 2. The number of likely N-dealkylation sites (tertiary alicyclic amines) is 1. The SMILES string of the molecule is COc1cc(CNCC2CCCN2C(=O)OC(C)(C)C)ccn1. The van der Waals surface area contributed by atoms with E-state index < -0.39 is 5.60 Å². The summed E-state index contributed by atoms with van der Waals surface area (Å²) < 4.78 is 10.6. The van der Waals surface area contributed by atoms with Crippen molar-refractivity contribution in [1.82, 2.24) is 15.2 Å². The van der Waals surface area contributed by atoms with Gasteiger partial charge in [0.2, 0.25) is 5.88 Å². The topological polar surface area (TPSA) is 63.7 Å². The Morgan fingerprint density at radius 2 is 2.26 bits per heavy atom. The molecule has 1 saturated heterocycles. The molecule has 1 unspecified atom stereocenters. The monoisotopic (exact) mass is 321 g/mol. The van der Waals surface area contributed by atoms with Crippen LogP contribution < -0.4 is 10.1 Å². The highest BCUT2D eigenvalue weighted by Gasteiger charge is 2.31. The highest BCUT2D eigenvalue weighted by atomic mass is 16.6. The maximum atomic E-state index is 12.2. The molecule has 1 fully saturated rings. The molecule has 1 aliphatic rings. The van der Waals surface area contributed by atoms with Crippen LogP contribution in [-0.4, -0.2) is 47.8 Å². The van der Waals surface area contributed by atoms with Crippen molar-refractivity contribution in [3.8, 4) is 5.88 Å². The van der Waals surface area contributed by atoms with Crippen molar-refractivity contribution in [2.24, 2.45) is 0 Å². The van der Waals surface area contributed by atoms with E-state index >= 15 is 0 Å². The minimum Gasteiger partial charge on any atom is -0.481 e. The standard InChI is InChI=1S/C17H27N3O3/c1-17(2,3)23-16(21)20-9-5-6-14(20)12-18-11-13-7-8-19-15(10-13)22-4/h7-8,10,14,18H,5-6,9,11-12H2,1-4H3. The van der Waals surface area contributed by atoms with Gasteiger partial charge in [0.05, 0.1) is 7.11 Å². The number of rotatable bonds is 5. The zero-order valence-corrected chi connectivity index (χ0v) is 14.5. The molecular weight excluding hydrogens is 294 g/mol. The van der Waals surface area contributed by atoms with Gasteiger partial charge in [-0.2, -0.15) is 0 Å². The molecule has 0 radical (unpaired) electrons. The third-order valence-corrected chi connectivity index (χ3v) is 3.72. The van der Waals surface area contributed by atoms with Gasteiger partial charge in [0.25, 0.3) is 0 Å². The molecule has 1 atom stereocenters. The van der Waals surface area contributed by atoms with Gasteiger partial charge in [0.15, 0.2) is 0 Å². The van der Waals surface area contributed by atoms with E-state index in [1.165, 1.54) is 0 Å². The molecule has 2 heterocycles. The van der Waals surface area contributed by atoms with Gasteiger partial charge in [-0.1, -0.05) is 0 Å². The Kier molecular flexibility index (Phi) is 5.82. The molecule has 0 saturated carbocycles. The average molecular weight is 321 g/mol. The van der Waals surface area contributed by atoms with Crippen molar-refractivity contribution in [2.45, 2.75) is 51.8 Å². The first kappa shape index (κ1) is 17.5. The van der Waals surface area contributed by atoms with E-state index in [4.69, 9.17) is 9.47 Å². The summed E-state index contributed by atoms with van der Waals surface area (Å²) in [6.07, 6.45) is 3.55. The lowest BCUT2D eigenvalue weighted by Gasteiger charge is -2.28. The van der Waals surface area contributed by atoms with Crippen LogP contribution in [0.3, 0.4) is 0 Å². The molecule has 0 bridgehead atoms. The van der Waals surface area contributed by atoms with Gasteiger partial charge in [-0.15, -0.1) is 0 Å². The Hall–Kier alpha value is -1.82. The fourth-order valence-corrected chi connectivity index (χ4v) is 2.66. The number of pyridine rings is 1. The number of hydrogen-bond donors (Lipinski definition) is 1. The van der Waals surface area contributed by atoms with Gasteiger partial charge >= 0.3 is 6.09 Å². The molecule has 6 heteroatoms. The maximum absolute atomic E-state index is 12.2. The number of ether oxygens (including phenoxy) is 2. The molecule has 1 aliphatic heterocycles. The molecule has 23 heavy (non-hydrogen) atoms. The number of amides is 1. The molecule has 6 nitrogen and oxygen atoms in total. The summed E-state index contributed by atoms with van der Waals surface area (Å²) in [7, 11) is 1.61. The normalized spacial score (nSPS) is 18.1. The minimum atomic E-state index is -0.453. The number of aromatic nitrogens is 1. The Balaban J connectivity index is 1.83. The molecule has 0 aromatic carbocycles. The molecule has 1 amide bonds. The van der Waals surface area contributed by atoms with Crippen LogP contribution in [0.1, 0.15) is 39.2 Å². The third-order valence-electron chi connectivity index (χ3n) is 3.72. The van der Waals surface area contributed by atoms with E-state index in [-0.39, 0.29) is 12.1 Å². The second-order valence-electron chi connectivity index (χ2n) is 6.81. The van der Waals surface area contributed by atoms with Crippen LogP contribution in [0.5, 0.6) is 5.88 Å². The highest BCUT2D eigenvalue weighted by Crippen LogP contribution is 2.20. The second-order valence-corrected chi connectivity index (χ2v) is 6.81. The fraction of sp³-hybridized carbons (Fsp3) is 0.647. The smallest absolute Gasteiger partial charge is 0.410 e. The van der Waals surface area contributed by atoms with Gasteiger partial charge in [-0.3, -0.25) is 0 Å². The summed E-state index contributed by atoms with van der Waals surface area (Å²) in [5.74, 6) is 0.612. The molecule has 1 aromatic rings. The quantitative estimate of drug-likeness (QED) is 0.903. The first-order valence-electron chi connectivity index (χ1n) is 8.08. The molecule has 0 aliphatic carbocycles. The Bertz CT molecular complexity index is 528. The summed E-state index contributed by atoms with van der Waals surface area (Å²) in [6.45, 7) is 7.92. The van der Waals surface area contributed by atoms with Crippen molar-refractivity contribution in [1.29, 1.82) is 0 Å². The predicted octanol–water partition coefficient (Wildman–Crippen LogP) is 2.58. The van der Waals surface area contributed by atoms with E-state index in [2.05, 4.69) is 10.3 Å². The van der Waals surface area contributed by atoms with Crippen LogP contribution >= 0.6 is 0 Å². The van der Waals surface area contributed by atoms with Crippen molar-refractivity contribution in [3.05, 3.63) is 23.9 Å². The Morgan fingerprint density at radius 3 is 2.96 bits per heavy atom. The zero-order chi connectivity index (χ0) is 16.9. The van der Waals surface area contributed by atoms with E-state index in [0.717, 1.165) is 38.0 Å². The first-order valence-corrected chi connectivity index (χ1v) is 8.08. The summed E-state index contributed by atoms with van der Waals surface area (Å²) in [5, 5.41) is 3.41. The molecule has 128 valence electrons. The van der Waals surface area contributed by atoms with Gasteiger partial charge in [0, 0.05) is 37.9 Å². The zero-order valence-electron chi connectivity index (χ0n) is 14.5. The molecule has 1 N–H and O–H groups in total. The third kappa shape index (κ3) is 5.39. The van der Waals surface area contributed by atoms with Crippen LogP contribution in [0, 0.1) is 0 Å². The number of hydrogen-bond acceptors (Lipinski definition) is 5. The lowest BCUT2D eigenvalue weighted by Crippen LogP contribution is -2.44. The molecule has 1 aromatic heterocycles. The van der Waals surface area contributed by atoms with Crippen LogP contribution in [0.15, 0.2) is 18.3 Å². The Morgan fingerprint density at radius 1 is 1.48 bits per heavy atom. The largest absolute Gasteiger partial charge is 0.481 e. The van der Waals surface area contributed by atoms with Crippen molar-refractivity contribution in [2.75, 3.05) is 20.2 Å². The van der Waals surface area contributed by atoms with Crippen LogP contribution in [0.2, 0.25) is 0 Å². The molecule has 2 rings (SSSR count). The van der Waals surface area contributed by atoms with Crippen molar-refractivity contribution in [3.63, 3.8) is 0 Å². The van der Waals surface area contributed by atoms with Crippen LogP contribution in [0.4, 0.5) is 4.79 Å². The maximum Gasteiger partial charge on any atom is 0.410 e. The summed E-state index contributed by atoms with van der Waals surface area (Å²) in [5.41, 5.74) is 0.657. The fourth-order valence-electron chi connectivity index (χ4n) is 2.66. The lowest BCUT2D eigenvalue weighted by molar-refractivity contribution is 0.0226. The lowest BCUT2D eigenvalue weighted by atomic mass is 10.2. The highest BCUT2D eigenvalue weighted by molar-refractivity contribution is 5.69. The predicted molar refractivity (Wildman–Crippen MR) is 88.5 cm³/mol. The van der Waals surface area contributed by atoms with Crippen molar-refractivity contribution < 1.29 is 14.3 Å². The van der Waals surface area contributed by atoms with Gasteiger partial charge in [-0.05, 0) is 45.2 Å². The van der Waals surface area contributed by atoms with Gasteiger partial charge in [-0.25, -0.2) is 9.78 Å². The van der Waals surface area contributed by atoms with E-state index in [9.17, 15) is 4.79 Å². The number of nitrogens with one attached hydrogen (secondary N) is 1. The average Bonchev–Trinajstić information content (AvgIpc) is 2.94. The van der Waals surface area contributed by atoms with Crippen molar-refractivity contribution >= 4 is 6.09 Å².